The molecular weight excluding hydrogens is 252 g/mol. The van der Waals surface area contributed by atoms with Gasteiger partial charge in [-0.25, -0.2) is 0 Å². The molecule has 0 aromatic carbocycles. The number of amides is 1. The third-order valence-electron chi connectivity index (χ3n) is 3.45. The van der Waals surface area contributed by atoms with Crippen molar-refractivity contribution in [2.45, 2.75) is 32.7 Å². The Balaban J connectivity index is 3.08. The van der Waals surface area contributed by atoms with Crippen molar-refractivity contribution in [3.63, 3.8) is 0 Å². The average molecular weight is 278 g/mol. The zero-order valence-corrected chi connectivity index (χ0v) is 13.0. The molecule has 5 nitrogen and oxygen atoms in total. The summed E-state index contributed by atoms with van der Waals surface area (Å²) >= 11 is 0. The van der Waals surface area contributed by atoms with Crippen LogP contribution in [0.2, 0.25) is 0 Å². The van der Waals surface area contributed by atoms with Crippen LogP contribution in [-0.2, 0) is 0 Å². The highest BCUT2D eigenvalue weighted by Gasteiger charge is 2.17. The van der Waals surface area contributed by atoms with Crippen molar-refractivity contribution < 1.29 is 4.79 Å². The summed E-state index contributed by atoms with van der Waals surface area (Å²) in [7, 11) is 3.46. The molecule has 1 rings (SSSR count). The van der Waals surface area contributed by atoms with Gasteiger partial charge >= 0.3 is 0 Å². The van der Waals surface area contributed by atoms with Crippen LogP contribution >= 0.6 is 0 Å². The minimum absolute atomic E-state index is 0.0795. The predicted molar refractivity (Wildman–Crippen MR) is 83.0 cm³/mol. The maximum Gasteiger partial charge on any atom is 0.272 e. The maximum atomic E-state index is 12.0. The summed E-state index contributed by atoms with van der Waals surface area (Å²) in [6.07, 6.45) is 3.80. The van der Waals surface area contributed by atoms with Crippen LogP contribution in [0, 0.1) is 0 Å². The first-order valence-corrected chi connectivity index (χ1v) is 7.19. The van der Waals surface area contributed by atoms with E-state index in [0.717, 1.165) is 25.1 Å². The van der Waals surface area contributed by atoms with Crippen molar-refractivity contribution in [2.75, 3.05) is 32.1 Å². The quantitative estimate of drug-likeness (QED) is 0.825. The summed E-state index contributed by atoms with van der Waals surface area (Å²) < 4.78 is 0. The van der Waals surface area contributed by atoms with Crippen LogP contribution in [0.25, 0.3) is 0 Å². The normalized spacial score (nSPS) is 10.7. The molecule has 20 heavy (non-hydrogen) atoms. The van der Waals surface area contributed by atoms with Crippen molar-refractivity contribution in [2.24, 2.45) is 5.73 Å². The van der Waals surface area contributed by atoms with Crippen molar-refractivity contribution in [3.8, 4) is 0 Å². The number of carbonyl (C=O) groups excluding carboxylic acids is 1. The van der Waals surface area contributed by atoms with Crippen molar-refractivity contribution >= 4 is 11.6 Å². The Morgan fingerprint density at radius 1 is 1.35 bits per heavy atom. The lowest BCUT2D eigenvalue weighted by Crippen LogP contribution is -2.38. The van der Waals surface area contributed by atoms with Gasteiger partial charge in [0.05, 0.1) is 0 Å². The molecule has 1 heterocycles. The van der Waals surface area contributed by atoms with E-state index in [-0.39, 0.29) is 5.91 Å². The summed E-state index contributed by atoms with van der Waals surface area (Å²) in [4.78, 5) is 20.0. The fourth-order valence-electron chi connectivity index (χ4n) is 2.34. The predicted octanol–water partition coefficient (Wildman–Crippen LogP) is 1.74. The van der Waals surface area contributed by atoms with E-state index in [1.54, 1.807) is 20.3 Å². The van der Waals surface area contributed by atoms with E-state index < -0.39 is 0 Å². The highest BCUT2D eigenvalue weighted by Crippen LogP contribution is 2.20. The number of hydrogen-bond acceptors (Lipinski definition) is 4. The first-order valence-electron chi connectivity index (χ1n) is 7.19. The molecule has 0 aliphatic rings. The standard InChI is InChI=1S/C15H26N4O/c1-5-12(6-2)19(10-8-16)13-7-9-17-14(11-13)15(20)18(3)4/h7,9,11-12H,5-6,8,10,16H2,1-4H3. The molecule has 0 saturated heterocycles. The number of aromatic nitrogens is 1. The van der Waals surface area contributed by atoms with Crippen LogP contribution in [0.1, 0.15) is 37.2 Å². The lowest BCUT2D eigenvalue weighted by Gasteiger charge is -2.32. The smallest absolute Gasteiger partial charge is 0.272 e. The number of anilines is 1. The van der Waals surface area contributed by atoms with Gasteiger partial charge in [0.2, 0.25) is 0 Å². The Bertz CT molecular complexity index is 430. The van der Waals surface area contributed by atoms with E-state index in [9.17, 15) is 4.79 Å². The summed E-state index contributed by atoms with van der Waals surface area (Å²) in [6, 6.07) is 4.24. The van der Waals surface area contributed by atoms with E-state index in [0.29, 0.717) is 18.3 Å². The first kappa shape index (κ1) is 16.4. The van der Waals surface area contributed by atoms with Gasteiger partial charge in [-0.3, -0.25) is 9.78 Å². The zero-order chi connectivity index (χ0) is 15.1. The number of hydrogen-bond donors (Lipinski definition) is 1. The van der Waals surface area contributed by atoms with Gasteiger partial charge < -0.3 is 15.5 Å². The van der Waals surface area contributed by atoms with E-state index in [4.69, 9.17) is 5.73 Å². The van der Waals surface area contributed by atoms with E-state index in [1.807, 2.05) is 12.1 Å². The van der Waals surface area contributed by atoms with Crippen LogP contribution < -0.4 is 10.6 Å². The lowest BCUT2D eigenvalue weighted by atomic mass is 10.1. The van der Waals surface area contributed by atoms with Crippen molar-refractivity contribution in [3.05, 3.63) is 24.0 Å². The highest BCUT2D eigenvalue weighted by atomic mass is 16.2. The Morgan fingerprint density at radius 3 is 2.50 bits per heavy atom. The topological polar surface area (TPSA) is 62.5 Å². The average Bonchev–Trinajstić information content (AvgIpc) is 2.46. The minimum atomic E-state index is -0.0795. The van der Waals surface area contributed by atoms with Crippen LogP contribution in [0.5, 0.6) is 0 Å². The Morgan fingerprint density at radius 2 is 2.00 bits per heavy atom. The van der Waals surface area contributed by atoms with E-state index >= 15 is 0 Å². The number of carbonyl (C=O) groups is 1. The molecule has 0 aliphatic carbocycles. The fourth-order valence-corrected chi connectivity index (χ4v) is 2.34. The third kappa shape index (κ3) is 3.93. The fraction of sp³-hybridized carbons (Fsp3) is 0.600. The molecular formula is C15H26N4O. The molecule has 1 aromatic rings. The molecule has 0 spiro atoms. The summed E-state index contributed by atoms with van der Waals surface area (Å²) in [5.74, 6) is -0.0795. The van der Waals surface area contributed by atoms with Gasteiger partial charge in [0.25, 0.3) is 5.91 Å². The van der Waals surface area contributed by atoms with Gasteiger partial charge in [0.15, 0.2) is 0 Å². The number of nitrogens with zero attached hydrogens (tertiary/aromatic N) is 3. The summed E-state index contributed by atoms with van der Waals surface area (Å²) in [5, 5.41) is 0. The molecule has 1 aromatic heterocycles. The lowest BCUT2D eigenvalue weighted by molar-refractivity contribution is 0.0822. The molecule has 1 amide bonds. The van der Waals surface area contributed by atoms with Crippen LogP contribution in [0.15, 0.2) is 18.3 Å². The van der Waals surface area contributed by atoms with Crippen LogP contribution in [0.4, 0.5) is 5.69 Å². The van der Waals surface area contributed by atoms with Gasteiger partial charge in [0.1, 0.15) is 5.69 Å². The van der Waals surface area contributed by atoms with Crippen molar-refractivity contribution in [1.82, 2.24) is 9.88 Å². The molecule has 2 N–H and O–H groups in total. The van der Waals surface area contributed by atoms with Gasteiger partial charge in [-0.15, -0.1) is 0 Å². The maximum absolute atomic E-state index is 12.0. The van der Waals surface area contributed by atoms with Crippen LogP contribution in [-0.4, -0.2) is 49.0 Å². The molecule has 5 heteroatoms. The molecule has 0 aliphatic heterocycles. The molecule has 0 bridgehead atoms. The Kier molecular flexibility index (Phi) is 6.45. The highest BCUT2D eigenvalue weighted by molar-refractivity contribution is 5.92. The van der Waals surface area contributed by atoms with Gasteiger partial charge in [-0.2, -0.15) is 0 Å². The first-order chi connectivity index (χ1) is 9.54. The van der Waals surface area contributed by atoms with Crippen LogP contribution in [0.3, 0.4) is 0 Å². The minimum Gasteiger partial charge on any atom is -0.367 e. The Hall–Kier alpha value is -1.62. The Labute approximate surface area is 121 Å². The monoisotopic (exact) mass is 278 g/mol. The number of nitrogens with two attached hydrogens (primary N) is 1. The zero-order valence-electron chi connectivity index (χ0n) is 13.0. The third-order valence-corrected chi connectivity index (χ3v) is 3.45. The van der Waals surface area contributed by atoms with E-state index in [1.165, 1.54) is 4.90 Å². The number of rotatable bonds is 7. The van der Waals surface area contributed by atoms with Gasteiger partial charge in [-0.05, 0) is 25.0 Å². The van der Waals surface area contributed by atoms with Crippen molar-refractivity contribution in [1.29, 1.82) is 0 Å². The molecule has 0 radical (unpaired) electrons. The summed E-state index contributed by atoms with van der Waals surface area (Å²) in [5.41, 5.74) is 7.22. The molecule has 0 fully saturated rings. The molecule has 0 saturated carbocycles. The number of pyridine rings is 1. The van der Waals surface area contributed by atoms with Gasteiger partial charge in [-0.1, -0.05) is 13.8 Å². The largest absolute Gasteiger partial charge is 0.367 e. The second-order valence-electron chi connectivity index (χ2n) is 5.05. The summed E-state index contributed by atoms with van der Waals surface area (Å²) in [6.45, 7) is 5.72. The molecule has 0 atom stereocenters. The molecule has 0 unspecified atom stereocenters. The second-order valence-corrected chi connectivity index (χ2v) is 5.05. The SMILES string of the molecule is CCC(CC)N(CCN)c1ccnc(C(=O)N(C)C)c1. The van der Waals surface area contributed by atoms with Gasteiger partial charge in [0, 0.05) is 45.1 Å². The molecule has 112 valence electrons. The van der Waals surface area contributed by atoms with E-state index in [2.05, 4.69) is 23.7 Å². The second kappa shape index (κ2) is 7.85.